The molecular weight excluding hydrogens is 348 g/mol. The number of rotatable bonds is 4. The van der Waals surface area contributed by atoms with Gasteiger partial charge in [-0.1, -0.05) is 0 Å². The number of aryl methyl sites for hydroxylation is 1. The predicted molar refractivity (Wildman–Crippen MR) is 91.6 cm³/mol. The summed E-state index contributed by atoms with van der Waals surface area (Å²) in [5.41, 5.74) is 1.94. The van der Waals surface area contributed by atoms with Gasteiger partial charge >= 0.3 is 0 Å². The molecule has 3 N–H and O–H groups in total. The van der Waals surface area contributed by atoms with E-state index in [1.807, 2.05) is 29.1 Å². The Labute approximate surface area is 144 Å². The molecule has 3 heterocycles. The molecule has 1 fully saturated rings. The molecule has 2 aliphatic rings. The number of thiophene rings is 1. The summed E-state index contributed by atoms with van der Waals surface area (Å²) >= 11 is 1.68. The second-order valence-corrected chi connectivity index (χ2v) is 8.61. The highest BCUT2D eigenvalue weighted by Gasteiger charge is 2.37. The molecular formula is C15H18N4O3S2. The summed E-state index contributed by atoms with van der Waals surface area (Å²) in [6, 6.07) is 3.58. The summed E-state index contributed by atoms with van der Waals surface area (Å²) in [7, 11) is -3.73. The van der Waals surface area contributed by atoms with Crippen LogP contribution in [0.4, 0.5) is 0 Å². The Balaban J connectivity index is 1.59. The Hall–Kier alpha value is -1.68. The molecule has 1 saturated heterocycles. The Kier molecular flexibility index (Phi) is 3.75. The molecule has 1 aliphatic carbocycles. The summed E-state index contributed by atoms with van der Waals surface area (Å²) in [6.07, 6.45) is 6.93. The third kappa shape index (κ3) is 2.77. The summed E-state index contributed by atoms with van der Waals surface area (Å²) < 4.78 is 26.4. The van der Waals surface area contributed by atoms with Crippen LogP contribution >= 0.6 is 11.3 Å². The quantitative estimate of drug-likeness (QED) is 0.831. The first-order valence-corrected chi connectivity index (χ1v) is 10.2. The zero-order valence-electron chi connectivity index (χ0n) is 12.9. The fourth-order valence-electron chi connectivity index (χ4n) is 3.37. The number of hydrogen-bond donors (Lipinski definition) is 2. The van der Waals surface area contributed by atoms with Gasteiger partial charge in [0, 0.05) is 30.4 Å². The van der Waals surface area contributed by atoms with Gasteiger partial charge < -0.3 is 9.47 Å². The Morgan fingerprint density at radius 3 is 2.62 bits per heavy atom. The van der Waals surface area contributed by atoms with E-state index in [-0.39, 0.29) is 11.9 Å². The molecule has 0 radical (unpaired) electrons. The van der Waals surface area contributed by atoms with Gasteiger partial charge in [0.05, 0.1) is 11.6 Å². The first kappa shape index (κ1) is 15.8. The number of nitrogens with two attached hydrogens (primary N) is 1. The average molecular weight is 366 g/mol. The molecule has 4 rings (SSSR count). The van der Waals surface area contributed by atoms with Crippen molar-refractivity contribution in [3.05, 3.63) is 40.5 Å². The molecule has 128 valence electrons. The minimum absolute atomic E-state index is 0.0226. The van der Waals surface area contributed by atoms with Gasteiger partial charge in [-0.05, 0) is 37.0 Å². The maximum atomic E-state index is 13.0. The number of nitrogens with zero attached hydrogens (tertiary/aromatic N) is 2. The number of likely N-dealkylation sites (tertiary alicyclic amines) is 1. The van der Waals surface area contributed by atoms with Gasteiger partial charge in [-0.15, -0.1) is 11.3 Å². The first-order valence-electron chi connectivity index (χ1n) is 7.79. The van der Waals surface area contributed by atoms with Gasteiger partial charge in [0.2, 0.25) is 0 Å². The van der Waals surface area contributed by atoms with Crippen LogP contribution in [0.5, 0.6) is 0 Å². The maximum absolute atomic E-state index is 13.0. The van der Waals surface area contributed by atoms with Crippen molar-refractivity contribution >= 4 is 27.5 Å². The van der Waals surface area contributed by atoms with E-state index >= 15 is 0 Å². The van der Waals surface area contributed by atoms with Crippen molar-refractivity contribution in [3.8, 4) is 5.00 Å². The normalized spacial score (nSPS) is 17.8. The number of amides is 1. The van der Waals surface area contributed by atoms with E-state index in [4.69, 9.17) is 5.14 Å². The minimum Gasteiger partial charge on any atom is -0.335 e. The smallest absolute Gasteiger partial charge is 0.274 e. The molecule has 2 aromatic rings. The van der Waals surface area contributed by atoms with E-state index < -0.39 is 10.2 Å². The lowest BCUT2D eigenvalue weighted by atomic mass is 10.0. The highest BCUT2D eigenvalue weighted by atomic mass is 32.2. The Bertz CT molecular complexity index is 880. The Morgan fingerprint density at radius 1 is 1.25 bits per heavy atom. The highest BCUT2D eigenvalue weighted by Crippen LogP contribution is 2.39. The van der Waals surface area contributed by atoms with E-state index in [2.05, 4.69) is 4.72 Å². The van der Waals surface area contributed by atoms with Crippen molar-refractivity contribution in [3.63, 3.8) is 0 Å². The fraction of sp³-hybridized carbons (Fsp3) is 0.400. The standard InChI is InChI=1S/C15H18N4O3S2/c16-24(21,22)17-10-8-19(9-10)14(20)13-11-4-3-5-12(11)23-15(13)18-6-1-2-7-18/h1-2,6-7,10,17H,3-5,8-9H2,(H2,16,21,22). The topological polar surface area (TPSA) is 97.4 Å². The number of fused-ring (bicyclic) bond motifs is 1. The van der Waals surface area contributed by atoms with Gasteiger partial charge in [-0.3, -0.25) is 4.79 Å². The van der Waals surface area contributed by atoms with Gasteiger partial charge in [0.15, 0.2) is 0 Å². The fourth-order valence-corrected chi connectivity index (χ4v) is 5.33. The molecule has 7 nitrogen and oxygen atoms in total. The number of carbonyl (C=O) groups excluding carboxylic acids is 1. The lowest BCUT2D eigenvalue weighted by Gasteiger charge is -2.39. The van der Waals surface area contributed by atoms with Crippen LogP contribution in [-0.4, -0.2) is 42.9 Å². The van der Waals surface area contributed by atoms with Crippen molar-refractivity contribution in [2.24, 2.45) is 5.14 Å². The van der Waals surface area contributed by atoms with Crippen LogP contribution in [0.1, 0.15) is 27.2 Å². The van der Waals surface area contributed by atoms with Crippen LogP contribution in [0.2, 0.25) is 0 Å². The third-order valence-electron chi connectivity index (χ3n) is 4.46. The zero-order chi connectivity index (χ0) is 16.9. The number of hydrogen-bond acceptors (Lipinski definition) is 4. The minimum atomic E-state index is -3.73. The summed E-state index contributed by atoms with van der Waals surface area (Å²) in [5.74, 6) is -0.0226. The SMILES string of the molecule is NS(=O)(=O)NC1CN(C(=O)c2c(-n3cccc3)sc3c2CCC3)C1. The molecule has 1 aliphatic heterocycles. The van der Waals surface area contributed by atoms with E-state index in [9.17, 15) is 13.2 Å². The third-order valence-corrected chi connectivity index (χ3v) is 6.42. The molecule has 0 saturated carbocycles. The van der Waals surface area contributed by atoms with Crippen LogP contribution in [0, 0.1) is 0 Å². The molecule has 0 aromatic carbocycles. The van der Waals surface area contributed by atoms with Crippen LogP contribution in [0.3, 0.4) is 0 Å². The van der Waals surface area contributed by atoms with Gasteiger partial charge in [0.25, 0.3) is 16.1 Å². The van der Waals surface area contributed by atoms with Gasteiger partial charge in [-0.25, -0.2) is 5.14 Å². The second kappa shape index (κ2) is 5.69. The van der Waals surface area contributed by atoms with Gasteiger partial charge in [-0.2, -0.15) is 13.1 Å². The monoisotopic (exact) mass is 366 g/mol. The Morgan fingerprint density at radius 2 is 1.96 bits per heavy atom. The van der Waals surface area contributed by atoms with Crippen molar-refractivity contribution in [2.75, 3.05) is 13.1 Å². The zero-order valence-corrected chi connectivity index (χ0v) is 14.6. The maximum Gasteiger partial charge on any atom is 0.274 e. The molecule has 0 unspecified atom stereocenters. The lowest BCUT2D eigenvalue weighted by Crippen LogP contribution is -2.61. The lowest BCUT2D eigenvalue weighted by molar-refractivity contribution is 0.0591. The molecule has 1 amide bonds. The molecule has 0 bridgehead atoms. The molecule has 24 heavy (non-hydrogen) atoms. The summed E-state index contributed by atoms with van der Waals surface area (Å²) in [5, 5.41) is 5.94. The van der Waals surface area contributed by atoms with Crippen LogP contribution < -0.4 is 9.86 Å². The summed E-state index contributed by atoms with van der Waals surface area (Å²) in [6.45, 7) is 0.704. The first-order chi connectivity index (χ1) is 11.4. The number of aromatic nitrogens is 1. The van der Waals surface area contributed by atoms with Crippen molar-refractivity contribution in [1.29, 1.82) is 0 Å². The van der Waals surface area contributed by atoms with Gasteiger partial charge in [0.1, 0.15) is 5.00 Å². The van der Waals surface area contributed by atoms with E-state index in [1.54, 1.807) is 16.2 Å². The molecule has 0 spiro atoms. The van der Waals surface area contributed by atoms with E-state index in [0.29, 0.717) is 13.1 Å². The second-order valence-electron chi connectivity index (χ2n) is 6.20. The van der Waals surface area contributed by atoms with Crippen molar-refractivity contribution in [1.82, 2.24) is 14.2 Å². The van der Waals surface area contributed by atoms with Crippen molar-refractivity contribution < 1.29 is 13.2 Å². The summed E-state index contributed by atoms with van der Waals surface area (Å²) in [4.78, 5) is 16.0. The molecule has 2 aromatic heterocycles. The largest absolute Gasteiger partial charge is 0.335 e. The van der Waals surface area contributed by atoms with E-state index in [0.717, 1.165) is 35.4 Å². The number of nitrogens with one attached hydrogen (secondary N) is 1. The van der Waals surface area contributed by atoms with Crippen LogP contribution in [-0.2, 0) is 23.1 Å². The molecule has 9 heteroatoms. The predicted octanol–water partition coefficient (Wildman–Crippen LogP) is 0.645. The van der Waals surface area contributed by atoms with Crippen molar-refractivity contribution in [2.45, 2.75) is 25.3 Å². The van der Waals surface area contributed by atoms with E-state index in [1.165, 1.54) is 4.88 Å². The average Bonchev–Trinajstić information content (AvgIpc) is 3.14. The number of carbonyl (C=O) groups is 1. The van der Waals surface area contributed by atoms with Crippen LogP contribution in [0.25, 0.3) is 5.00 Å². The molecule has 0 atom stereocenters. The van der Waals surface area contributed by atoms with Crippen LogP contribution in [0.15, 0.2) is 24.5 Å². The highest BCUT2D eigenvalue weighted by molar-refractivity contribution is 7.87.